The van der Waals surface area contributed by atoms with Gasteiger partial charge < -0.3 is 4.74 Å². The Bertz CT molecular complexity index is 948. The standard InChI is InChI=1S/C21H21ClN2O2S/c1-14-4-6-15(7-5-14)11-20(25)24(13-17-3-2-10-26-17)21-23-18-9-8-16(22)12-19(18)27-21/h4-9,12,17H,2-3,10-11,13H2,1H3. The van der Waals surface area contributed by atoms with E-state index in [2.05, 4.69) is 4.98 Å². The fourth-order valence-electron chi connectivity index (χ4n) is 3.26. The minimum Gasteiger partial charge on any atom is -0.376 e. The summed E-state index contributed by atoms with van der Waals surface area (Å²) in [6.07, 6.45) is 2.44. The van der Waals surface area contributed by atoms with E-state index in [4.69, 9.17) is 16.3 Å². The van der Waals surface area contributed by atoms with Gasteiger partial charge in [-0.1, -0.05) is 52.8 Å². The maximum absolute atomic E-state index is 13.1. The van der Waals surface area contributed by atoms with Crippen molar-refractivity contribution in [1.82, 2.24) is 4.98 Å². The summed E-state index contributed by atoms with van der Waals surface area (Å²) in [6, 6.07) is 13.7. The normalized spacial score (nSPS) is 16.7. The fourth-order valence-corrected chi connectivity index (χ4v) is 4.52. The van der Waals surface area contributed by atoms with Crippen molar-refractivity contribution in [2.75, 3.05) is 18.1 Å². The van der Waals surface area contributed by atoms with E-state index in [9.17, 15) is 4.79 Å². The summed E-state index contributed by atoms with van der Waals surface area (Å²) in [7, 11) is 0. The van der Waals surface area contributed by atoms with Crippen LogP contribution in [0.5, 0.6) is 0 Å². The molecule has 2 aromatic carbocycles. The first-order chi connectivity index (χ1) is 13.1. The van der Waals surface area contributed by atoms with Crippen LogP contribution in [0.2, 0.25) is 5.02 Å². The van der Waals surface area contributed by atoms with E-state index in [0.717, 1.165) is 35.2 Å². The number of thiazole rings is 1. The van der Waals surface area contributed by atoms with Gasteiger partial charge in [-0.2, -0.15) is 0 Å². The minimum atomic E-state index is 0.0412. The quantitative estimate of drug-likeness (QED) is 0.604. The number of benzene rings is 2. The van der Waals surface area contributed by atoms with Crippen LogP contribution in [0.1, 0.15) is 24.0 Å². The molecule has 0 N–H and O–H groups in total. The van der Waals surface area contributed by atoms with Crippen molar-refractivity contribution < 1.29 is 9.53 Å². The van der Waals surface area contributed by atoms with Gasteiger partial charge in [0.2, 0.25) is 5.91 Å². The molecule has 1 aliphatic rings. The Balaban J connectivity index is 1.62. The molecule has 140 valence electrons. The Morgan fingerprint density at radius 3 is 2.85 bits per heavy atom. The number of ether oxygens (including phenoxy) is 1. The molecule has 1 unspecified atom stereocenters. The van der Waals surface area contributed by atoms with Gasteiger partial charge in [0.15, 0.2) is 5.13 Å². The third kappa shape index (κ3) is 4.32. The number of rotatable bonds is 5. The number of anilines is 1. The van der Waals surface area contributed by atoms with Crippen molar-refractivity contribution in [2.24, 2.45) is 0 Å². The van der Waals surface area contributed by atoms with Crippen molar-refractivity contribution >= 4 is 44.2 Å². The van der Waals surface area contributed by atoms with E-state index in [0.29, 0.717) is 23.1 Å². The highest BCUT2D eigenvalue weighted by Gasteiger charge is 2.26. The van der Waals surface area contributed by atoms with E-state index in [1.165, 1.54) is 16.9 Å². The molecule has 27 heavy (non-hydrogen) atoms. The van der Waals surface area contributed by atoms with E-state index < -0.39 is 0 Å². The van der Waals surface area contributed by atoms with E-state index in [1.807, 2.05) is 49.4 Å². The lowest BCUT2D eigenvalue weighted by atomic mass is 10.1. The van der Waals surface area contributed by atoms with Crippen molar-refractivity contribution in [3.8, 4) is 0 Å². The number of carbonyl (C=O) groups excluding carboxylic acids is 1. The van der Waals surface area contributed by atoms with E-state index >= 15 is 0 Å². The van der Waals surface area contributed by atoms with Crippen LogP contribution in [0.15, 0.2) is 42.5 Å². The van der Waals surface area contributed by atoms with Gasteiger partial charge >= 0.3 is 0 Å². The van der Waals surface area contributed by atoms with Crippen LogP contribution < -0.4 is 4.90 Å². The lowest BCUT2D eigenvalue weighted by Gasteiger charge is -2.23. The molecule has 0 radical (unpaired) electrons. The Labute approximate surface area is 167 Å². The van der Waals surface area contributed by atoms with Crippen LogP contribution in [0.4, 0.5) is 5.13 Å². The van der Waals surface area contributed by atoms with Crippen molar-refractivity contribution in [1.29, 1.82) is 0 Å². The molecule has 1 saturated heterocycles. The zero-order valence-corrected chi connectivity index (χ0v) is 16.7. The van der Waals surface area contributed by atoms with Gasteiger partial charge in [-0.05, 0) is 43.5 Å². The van der Waals surface area contributed by atoms with E-state index in [1.54, 1.807) is 4.90 Å². The summed E-state index contributed by atoms with van der Waals surface area (Å²) in [4.78, 5) is 19.6. The molecule has 0 bridgehead atoms. The number of aryl methyl sites for hydroxylation is 1. The number of fused-ring (bicyclic) bond motifs is 1. The Morgan fingerprint density at radius 1 is 1.30 bits per heavy atom. The smallest absolute Gasteiger partial charge is 0.233 e. The van der Waals surface area contributed by atoms with Gasteiger partial charge in [0.25, 0.3) is 0 Å². The Morgan fingerprint density at radius 2 is 2.11 bits per heavy atom. The Hall–Kier alpha value is -1.95. The van der Waals surface area contributed by atoms with Crippen LogP contribution in [0.25, 0.3) is 10.2 Å². The van der Waals surface area contributed by atoms with Crippen LogP contribution in [0.3, 0.4) is 0 Å². The SMILES string of the molecule is Cc1ccc(CC(=O)N(CC2CCCO2)c2nc3ccc(Cl)cc3s2)cc1. The monoisotopic (exact) mass is 400 g/mol. The lowest BCUT2D eigenvalue weighted by Crippen LogP contribution is -2.38. The molecule has 4 nitrogen and oxygen atoms in total. The molecule has 2 heterocycles. The average molecular weight is 401 g/mol. The predicted octanol–water partition coefficient (Wildman–Crippen LogP) is 5.01. The number of hydrogen-bond acceptors (Lipinski definition) is 4. The Kier molecular flexibility index (Phi) is 5.43. The zero-order chi connectivity index (χ0) is 18.8. The van der Waals surface area contributed by atoms with Gasteiger partial charge in [0.1, 0.15) is 0 Å². The summed E-state index contributed by atoms with van der Waals surface area (Å²) < 4.78 is 6.76. The largest absolute Gasteiger partial charge is 0.376 e. The number of halogens is 1. The third-order valence-electron chi connectivity index (χ3n) is 4.76. The maximum Gasteiger partial charge on any atom is 0.233 e. The van der Waals surface area contributed by atoms with Crippen LogP contribution >= 0.6 is 22.9 Å². The summed E-state index contributed by atoms with van der Waals surface area (Å²) in [6.45, 7) is 3.35. The molecule has 1 aromatic heterocycles. The number of nitrogens with zero attached hydrogens (tertiary/aromatic N) is 2. The average Bonchev–Trinajstić information content (AvgIpc) is 3.30. The molecule has 0 saturated carbocycles. The molecule has 1 aliphatic heterocycles. The van der Waals surface area contributed by atoms with Crippen LogP contribution in [-0.4, -0.2) is 30.1 Å². The first kappa shape index (κ1) is 18.4. The molecule has 0 aliphatic carbocycles. The van der Waals surface area contributed by atoms with Crippen molar-refractivity contribution in [2.45, 2.75) is 32.3 Å². The van der Waals surface area contributed by atoms with Gasteiger partial charge in [0, 0.05) is 11.6 Å². The molecular formula is C21H21ClN2O2S. The van der Waals surface area contributed by atoms with Gasteiger partial charge in [-0.15, -0.1) is 0 Å². The molecule has 6 heteroatoms. The van der Waals surface area contributed by atoms with E-state index in [-0.39, 0.29) is 12.0 Å². The zero-order valence-electron chi connectivity index (χ0n) is 15.2. The number of hydrogen-bond donors (Lipinski definition) is 0. The summed E-state index contributed by atoms with van der Waals surface area (Å²) in [5.74, 6) is 0.0412. The lowest BCUT2D eigenvalue weighted by molar-refractivity contribution is -0.118. The number of amides is 1. The maximum atomic E-state index is 13.1. The first-order valence-electron chi connectivity index (χ1n) is 9.12. The molecule has 0 spiro atoms. The fraction of sp³-hybridized carbons (Fsp3) is 0.333. The minimum absolute atomic E-state index is 0.0412. The highest BCUT2D eigenvalue weighted by molar-refractivity contribution is 7.22. The first-order valence-corrected chi connectivity index (χ1v) is 10.3. The second kappa shape index (κ2) is 7.97. The van der Waals surface area contributed by atoms with Gasteiger partial charge in [-0.3, -0.25) is 9.69 Å². The summed E-state index contributed by atoms with van der Waals surface area (Å²) in [5.41, 5.74) is 3.05. The third-order valence-corrected chi connectivity index (χ3v) is 6.03. The van der Waals surface area contributed by atoms with Crippen LogP contribution in [0, 0.1) is 6.92 Å². The van der Waals surface area contributed by atoms with Crippen LogP contribution in [-0.2, 0) is 16.0 Å². The molecule has 1 fully saturated rings. The number of carbonyl (C=O) groups is 1. The number of aromatic nitrogens is 1. The summed E-state index contributed by atoms with van der Waals surface area (Å²) in [5, 5.41) is 1.38. The highest BCUT2D eigenvalue weighted by Crippen LogP contribution is 2.32. The van der Waals surface area contributed by atoms with Gasteiger partial charge in [0.05, 0.1) is 29.3 Å². The highest BCUT2D eigenvalue weighted by atomic mass is 35.5. The predicted molar refractivity (Wildman–Crippen MR) is 111 cm³/mol. The molecular weight excluding hydrogens is 380 g/mol. The second-order valence-corrected chi connectivity index (χ2v) is 8.36. The summed E-state index contributed by atoms with van der Waals surface area (Å²) >= 11 is 7.60. The molecule has 4 rings (SSSR count). The van der Waals surface area contributed by atoms with Gasteiger partial charge in [-0.25, -0.2) is 4.98 Å². The van der Waals surface area contributed by atoms with Crippen molar-refractivity contribution in [3.63, 3.8) is 0 Å². The topological polar surface area (TPSA) is 42.4 Å². The molecule has 3 aromatic rings. The van der Waals surface area contributed by atoms with Crippen molar-refractivity contribution in [3.05, 3.63) is 58.6 Å². The molecule has 1 amide bonds. The molecule has 1 atom stereocenters. The second-order valence-electron chi connectivity index (χ2n) is 6.91.